The average molecular weight is 162 g/mol. The summed E-state index contributed by atoms with van der Waals surface area (Å²) in [5.74, 6) is -0.492. The molecule has 3 N–H and O–H groups in total. The second-order valence-electron chi connectivity index (χ2n) is 1.85. The van der Waals surface area contributed by atoms with Crippen LogP contribution >= 0.6 is 0 Å². The summed E-state index contributed by atoms with van der Waals surface area (Å²) in [4.78, 5) is 14.8. The zero-order chi connectivity index (χ0) is 8.53. The van der Waals surface area contributed by atoms with E-state index in [-0.39, 0.29) is 6.61 Å². The fourth-order valence-corrected chi connectivity index (χ4v) is 0.453. The number of hydrogen-bond acceptors (Lipinski definition) is 4. The van der Waals surface area contributed by atoms with Gasteiger partial charge < -0.3 is 10.5 Å². The summed E-state index contributed by atoms with van der Waals surface area (Å²) < 4.78 is 4.98. The smallest absolute Gasteiger partial charge is 0.245 e. The van der Waals surface area contributed by atoms with E-state index in [2.05, 4.69) is 10.3 Å². The molecule has 5 heteroatoms. The van der Waals surface area contributed by atoms with Crippen molar-refractivity contribution in [2.45, 2.75) is 6.92 Å². The molecule has 0 fully saturated rings. The molecule has 0 radical (unpaired) electrons. The predicted octanol–water partition coefficient (Wildman–Crippen LogP) is -0.971. The van der Waals surface area contributed by atoms with E-state index in [1.165, 1.54) is 0 Å². The van der Waals surface area contributed by atoms with Crippen molar-refractivity contribution in [1.29, 1.82) is 0 Å². The molecule has 0 aromatic carbocycles. The van der Waals surface area contributed by atoms with Crippen molar-refractivity contribution in [3.8, 4) is 0 Å². The number of hydroxylamine groups is 1. The lowest BCUT2D eigenvalue weighted by molar-refractivity contribution is -0.125. The van der Waals surface area contributed by atoms with Crippen LogP contribution in [0, 0.1) is 0 Å². The normalized spacial score (nSPS) is 9.91. The van der Waals surface area contributed by atoms with E-state index in [9.17, 15) is 4.79 Å². The van der Waals surface area contributed by atoms with Crippen LogP contribution in [0.25, 0.3) is 0 Å². The van der Waals surface area contributed by atoms with Gasteiger partial charge in [0.2, 0.25) is 5.91 Å². The van der Waals surface area contributed by atoms with Gasteiger partial charge in [-0.1, -0.05) is 0 Å². The van der Waals surface area contributed by atoms with E-state index in [0.717, 1.165) is 0 Å². The van der Waals surface area contributed by atoms with Gasteiger partial charge in [0.15, 0.2) is 0 Å². The van der Waals surface area contributed by atoms with Gasteiger partial charge in [-0.05, 0) is 6.92 Å². The topological polar surface area (TPSA) is 73.6 Å². The Balaban J connectivity index is 2.85. The summed E-state index contributed by atoms with van der Waals surface area (Å²) in [6.45, 7) is 3.60. The van der Waals surface area contributed by atoms with Gasteiger partial charge in [-0.2, -0.15) is 5.48 Å². The number of nitrogens with two attached hydrogens (primary N) is 1. The van der Waals surface area contributed by atoms with E-state index in [0.29, 0.717) is 19.8 Å². The summed E-state index contributed by atoms with van der Waals surface area (Å²) in [5.41, 5.74) is 7.32. The van der Waals surface area contributed by atoms with E-state index < -0.39 is 5.91 Å². The average Bonchev–Trinajstić information content (AvgIpc) is 1.96. The molecule has 66 valence electrons. The Bertz CT molecular complexity index is 108. The molecule has 0 aliphatic rings. The molecular weight excluding hydrogens is 148 g/mol. The second kappa shape index (κ2) is 7.46. The SMILES string of the molecule is CCOCCNOCC(N)=O. The molecule has 0 aliphatic heterocycles. The molecule has 0 bridgehead atoms. The molecule has 0 aliphatic carbocycles. The van der Waals surface area contributed by atoms with Crippen LogP contribution in [0.2, 0.25) is 0 Å². The van der Waals surface area contributed by atoms with Gasteiger partial charge in [0.25, 0.3) is 0 Å². The third-order valence-corrected chi connectivity index (χ3v) is 0.869. The van der Waals surface area contributed by atoms with E-state index in [1.54, 1.807) is 0 Å². The van der Waals surface area contributed by atoms with Crippen molar-refractivity contribution in [2.24, 2.45) is 5.73 Å². The Morgan fingerprint density at radius 1 is 1.64 bits per heavy atom. The fraction of sp³-hybridized carbons (Fsp3) is 0.833. The van der Waals surface area contributed by atoms with E-state index >= 15 is 0 Å². The minimum absolute atomic E-state index is 0.105. The molecule has 0 saturated heterocycles. The molecule has 0 rings (SSSR count). The second-order valence-corrected chi connectivity index (χ2v) is 1.85. The molecule has 0 atom stereocenters. The lowest BCUT2D eigenvalue weighted by Crippen LogP contribution is -2.27. The number of amides is 1. The van der Waals surface area contributed by atoms with Crippen LogP contribution in [0.15, 0.2) is 0 Å². The number of nitrogens with one attached hydrogen (secondary N) is 1. The molecule has 0 heterocycles. The van der Waals surface area contributed by atoms with Crippen molar-refractivity contribution in [3.63, 3.8) is 0 Å². The van der Waals surface area contributed by atoms with Crippen LogP contribution in [0.1, 0.15) is 6.92 Å². The monoisotopic (exact) mass is 162 g/mol. The van der Waals surface area contributed by atoms with Gasteiger partial charge >= 0.3 is 0 Å². The third kappa shape index (κ3) is 9.35. The Hall–Kier alpha value is -0.650. The van der Waals surface area contributed by atoms with Crippen LogP contribution < -0.4 is 11.2 Å². The molecule has 5 nitrogen and oxygen atoms in total. The molecular formula is C6H14N2O3. The van der Waals surface area contributed by atoms with Gasteiger partial charge in [0, 0.05) is 13.2 Å². The van der Waals surface area contributed by atoms with Crippen molar-refractivity contribution in [2.75, 3.05) is 26.4 Å². The van der Waals surface area contributed by atoms with E-state index in [4.69, 9.17) is 10.5 Å². The lowest BCUT2D eigenvalue weighted by Gasteiger charge is -2.02. The first kappa shape index (κ1) is 10.3. The third-order valence-electron chi connectivity index (χ3n) is 0.869. The van der Waals surface area contributed by atoms with Gasteiger partial charge in [-0.25, -0.2) is 0 Å². The Labute approximate surface area is 65.8 Å². The maximum absolute atomic E-state index is 10.1. The van der Waals surface area contributed by atoms with Crippen LogP contribution in [0.5, 0.6) is 0 Å². The summed E-state index contributed by atoms with van der Waals surface area (Å²) in [6, 6.07) is 0. The maximum atomic E-state index is 10.1. The number of carbonyl (C=O) groups is 1. The molecule has 0 spiro atoms. The summed E-state index contributed by atoms with van der Waals surface area (Å²) in [6.07, 6.45) is 0. The summed E-state index contributed by atoms with van der Waals surface area (Å²) in [7, 11) is 0. The number of rotatable bonds is 7. The minimum atomic E-state index is -0.492. The lowest BCUT2D eigenvalue weighted by atomic mass is 10.7. The predicted molar refractivity (Wildman–Crippen MR) is 39.6 cm³/mol. The van der Waals surface area contributed by atoms with Crippen LogP contribution in [-0.4, -0.2) is 32.3 Å². The molecule has 11 heavy (non-hydrogen) atoms. The van der Waals surface area contributed by atoms with Crippen molar-refractivity contribution >= 4 is 5.91 Å². The number of primary amides is 1. The zero-order valence-electron chi connectivity index (χ0n) is 6.63. The van der Waals surface area contributed by atoms with Gasteiger partial charge in [-0.3, -0.25) is 9.63 Å². The highest BCUT2D eigenvalue weighted by molar-refractivity contribution is 5.74. The Morgan fingerprint density at radius 2 is 2.36 bits per heavy atom. The highest BCUT2D eigenvalue weighted by Crippen LogP contribution is 1.71. The summed E-state index contributed by atoms with van der Waals surface area (Å²) in [5, 5.41) is 0. The Morgan fingerprint density at radius 3 is 2.91 bits per heavy atom. The fourth-order valence-electron chi connectivity index (χ4n) is 0.453. The largest absolute Gasteiger partial charge is 0.380 e. The molecule has 0 aromatic heterocycles. The van der Waals surface area contributed by atoms with E-state index in [1.807, 2.05) is 6.92 Å². The number of hydrogen-bond donors (Lipinski definition) is 2. The van der Waals surface area contributed by atoms with Crippen LogP contribution in [-0.2, 0) is 14.4 Å². The van der Waals surface area contributed by atoms with Crippen molar-refractivity contribution < 1.29 is 14.4 Å². The van der Waals surface area contributed by atoms with Gasteiger partial charge in [0.1, 0.15) is 6.61 Å². The minimum Gasteiger partial charge on any atom is -0.380 e. The highest BCUT2D eigenvalue weighted by Gasteiger charge is 1.91. The quantitative estimate of drug-likeness (QED) is 0.373. The molecule has 1 amide bonds. The number of carbonyl (C=O) groups excluding carboxylic acids is 1. The first-order chi connectivity index (χ1) is 5.27. The first-order valence-electron chi connectivity index (χ1n) is 3.48. The Kier molecular flexibility index (Phi) is 7.02. The van der Waals surface area contributed by atoms with Crippen molar-refractivity contribution in [1.82, 2.24) is 5.48 Å². The highest BCUT2D eigenvalue weighted by atomic mass is 16.6. The maximum Gasteiger partial charge on any atom is 0.245 e. The summed E-state index contributed by atoms with van der Waals surface area (Å²) >= 11 is 0. The zero-order valence-corrected chi connectivity index (χ0v) is 6.63. The van der Waals surface area contributed by atoms with Crippen LogP contribution in [0.3, 0.4) is 0 Å². The van der Waals surface area contributed by atoms with Gasteiger partial charge in [-0.15, -0.1) is 0 Å². The molecule has 0 unspecified atom stereocenters. The van der Waals surface area contributed by atoms with Gasteiger partial charge in [0.05, 0.1) is 6.61 Å². The molecule has 0 aromatic rings. The van der Waals surface area contributed by atoms with Crippen LogP contribution in [0.4, 0.5) is 0 Å². The number of ether oxygens (including phenoxy) is 1. The first-order valence-corrected chi connectivity index (χ1v) is 3.48. The van der Waals surface area contributed by atoms with Crippen molar-refractivity contribution in [3.05, 3.63) is 0 Å². The standard InChI is InChI=1S/C6H14N2O3/c1-2-10-4-3-8-11-5-6(7)9/h8H,2-5H2,1H3,(H2,7,9). The molecule has 0 saturated carbocycles.